The normalized spacial score (nSPS) is 14.2. The van der Waals surface area contributed by atoms with E-state index in [4.69, 9.17) is 0 Å². The second-order valence-electron chi connectivity index (χ2n) is 3.24. The Morgan fingerprint density at radius 1 is 1.64 bits per heavy atom. The maximum absolute atomic E-state index is 11.0. The standard InChI is InChI=1S/C8H14N2O2S2/c1-6(9-2)7-4-10-8(13-7)5-14(3,11)12/h4,6,9H,5H2,1-3H3. The Morgan fingerprint density at radius 2 is 2.29 bits per heavy atom. The zero-order valence-electron chi connectivity index (χ0n) is 8.44. The van der Waals surface area contributed by atoms with Gasteiger partial charge in [0.25, 0.3) is 0 Å². The molecular weight excluding hydrogens is 220 g/mol. The van der Waals surface area contributed by atoms with Crippen molar-refractivity contribution in [2.75, 3.05) is 13.3 Å². The Balaban J connectivity index is 2.79. The van der Waals surface area contributed by atoms with E-state index < -0.39 is 9.84 Å². The Labute approximate surface area is 88.3 Å². The van der Waals surface area contributed by atoms with Crippen LogP contribution in [0.15, 0.2) is 6.20 Å². The lowest BCUT2D eigenvalue weighted by Gasteiger charge is -2.04. The molecule has 1 rings (SSSR count). The summed E-state index contributed by atoms with van der Waals surface area (Å²) in [5.41, 5.74) is 0. The van der Waals surface area contributed by atoms with Crippen LogP contribution in [0.5, 0.6) is 0 Å². The molecule has 0 saturated carbocycles. The van der Waals surface area contributed by atoms with Crippen LogP contribution in [0.25, 0.3) is 0 Å². The number of sulfone groups is 1. The Hall–Kier alpha value is -0.460. The molecule has 1 aromatic heterocycles. The number of rotatable bonds is 4. The fourth-order valence-electron chi connectivity index (χ4n) is 0.958. The maximum atomic E-state index is 11.0. The molecule has 0 saturated heterocycles. The summed E-state index contributed by atoms with van der Waals surface area (Å²) in [4.78, 5) is 5.13. The summed E-state index contributed by atoms with van der Waals surface area (Å²) in [7, 11) is -1.11. The molecule has 1 heterocycles. The van der Waals surface area contributed by atoms with Gasteiger partial charge in [-0.3, -0.25) is 0 Å². The first-order valence-electron chi connectivity index (χ1n) is 4.22. The molecule has 0 aliphatic rings. The van der Waals surface area contributed by atoms with Gasteiger partial charge >= 0.3 is 0 Å². The first-order chi connectivity index (χ1) is 6.42. The Morgan fingerprint density at radius 3 is 2.79 bits per heavy atom. The van der Waals surface area contributed by atoms with Gasteiger partial charge in [0, 0.05) is 23.4 Å². The summed E-state index contributed by atoms with van der Waals surface area (Å²) >= 11 is 1.44. The van der Waals surface area contributed by atoms with Gasteiger partial charge < -0.3 is 5.32 Å². The second-order valence-corrected chi connectivity index (χ2v) is 6.52. The Bertz CT molecular complexity index is 397. The van der Waals surface area contributed by atoms with E-state index in [-0.39, 0.29) is 11.8 Å². The predicted molar refractivity (Wildman–Crippen MR) is 58.1 cm³/mol. The van der Waals surface area contributed by atoms with Crippen molar-refractivity contribution in [1.29, 1.82) is 0 Å². The van der Waals surface area contributed by atoms with E-state index in [1.54, 1.807) is 6.20 Å². The molecule has 0 aromatic carbocycles. The molecule has 0 aliphatic heterocycles. The summed E-state index contributed by atoms with van der Waals surface area (Å²) in [6.07, 6.45) is 2.95. The average molecular weight is 234 g/mol. The van der Waals surface area contributed by atoms with Gasteiger partial charge in [0.05, 0.1) is 0 Å². The third-order valence-electron chi connectivity index (χ3n) is 1.82. The third kappa shape index (κ3) is 3.36. The minimum Gasteiger partial charge on any atom is -0.312 e. The molecule has 4 nitrogen and oxygen atoms in total. The molecule has 0 spiro atoms. The van der Waals surface area contributed by atoms with Gasteiger partial charge in [0.1, 0.15) is 10.8 Å². The molecule has 0 amide bonds. The second kappa shape index (κ2) is 4.37. The summed E-state index contributed by atoms with van der Waals surface area (Å²) in [6, 6.07) is 0.223. The van der Waals surface area contributed by atoms with Crippen molar-refractivity contribution in [2.45, 2.75) is 18.7 Å². The van der Waals surface area contributed by atoms with E-state index in [1.807, 2.05) is 14.0 Å². The predicted octanol–water partition coefficient (Wildman–Crippen LogP) is 0.968. The molecule has 14 heavy (non-hydrogen) atoms. The number of thiazole rings is 1. The highest BCUT2D eigenvalue weighted by molar-refractivity contribution is 7.90. The van der Waals surface area contributed by atoms with Crippen LogP contribution in [0.2, 0.25) is 0 Å². The van der Waals surface area contributed by atoms with Crippen LogP contribution in [0.3, 0.4) is 0 Å². The monoisotopic (exact) mass is 234 g/mol. The van der Waals surface area contributed by atoms with Crippen LogP contribution in [0.4, 0.5) is 0 Å². The topological polar surface area (TPSA) is 59.1 Å². The minimum absolute atomic E-state index is 0.0358. The first kappa shape index (κ1) is 11.6. The first-order valence-corrected chi connectivity index (χ1v) is 7.09. The number of nitrogens with one attached hydrogen (secondary N) is 1. The molecule has 1 aromatic rings. The average Bonchev–Trinajstić information content (AvgIpc) is 2.48. The van der Waals surface area contributed by atoms with E-state index >= 15 is 0 Å². The molecule has 1 N–H and O–H groups in total. The molecule has 80 valence electrons. The Kier molecular flexibility index (Phi) is 3.63. The highest BCUT2D eigenvalue weighted by Crippen LogP contribution is 2.21. The van der Waals surface area contributed by atoms with Gasteiger partial charge in [-0.2, -0.15) is 0 Å². The van der Waals surface area contributed by atoms with Crippen LogP contribution in [0.1, 0.15) is 22.9 Å². The van der Waals surface area contributed by atoms with Crippen molar-refractivity contribution in [3.63, 3.8) is 0 Å². The summed E-state index contributed by atoms with van der Waals surface area (Å²) < 4.78 is 22.0. The lowest BCUT2D eigenvalue weighted by molar-refractivity contribution is 0.601. The van der Waals surface area contributed by atoms with Crippen LogP contribution >= 0.6 is 11.3 Å². The van der Waals surface area contributed by atoms with Crippen LogP contribution in [-0.2, 0) is 15.6 Å². The zero-order valence-corrected chi connectivity index (χ0v) is 10.1. The molecule has 0 aliphatic carbocycles. The minimum atomic E-state index is -2.97. The fraction of sp³-hybridized carbons (Fsp3) is 0.625. The number of hydrogen-bond acceptors (Lipinski definition) is 5. The van der Waals surface area contributed by atoms with Crippen molar-refractivity contribution in [1.82, 2.24) is 10.3 Å². The third-order valence-corrected chi connectivity index (χ3v) is 3.98. The van der Waals surface area contributed by atoms with E-state index in [2.05, 4.69) is 10.3 Å². The highest BCUT2D eigenvalue weighted by atomic mass is 32.2. The van der Waals surface area contributed by atoms with Crippen molar-refractivity contribution >= 4 is 21.2 Å². The van der Waals surface area contributed by atoms with Gasteiger partial charge in [-0.05, 0) is 14.0 Å². The summed E-state index contributed by atoms with van der Waals surface area (Å²) in [5.74, 6) is 0.0358. The smallest absolute Gasteiger partial charge is 0.153 e. The van der Waals surface area contributed by atoms with Gasteiger partial charge in [-0.25, -0.2) is 13.4 Å². The van der Waals surface area contributed by atoms with E-state index in [1.165, 1.54) is 17.6 Å². The molecule has 0 radical (unpaired) electrons. The maximum Gasteiger partial charge on any atom is 0.153 e. The molecular formula is C8H14N2O2S2. The van der Waals surface area contributed by atoms with Crippen LogP contribution in [0, 0.1) is 0 Å². The van der Waals surface area contributed by atoms with Crippen molar-refractivity contribution in [3.05, 3.63) is 16.1 Å². The van der Waals surface area contributed by atoms with Gasteiger partial charge in [-0.1, -0.05) is 0 Å². The van der Waals surface area contributed by atoms with Crippen molar-refractivity contribution in [3.8, 4) is 0 Å². The van der Waals surface area contributed by atoms with Gasteiger partial charge in [-0.15, -0.1) is 11.3 Å². The number of nitrogens with zero attached hydrogens (tertiary/aromatic N) is 1. The molecule has 1 unspecified atom stereocenters. The fourth-order valence-corrected chi connectivity index (χ4v) is 3.14. The van der Waals surface area contributed by atoms with E-state index in [0.29, 0.717) is 5.01 Å². The number of hydrogen-bond donors (Lipinski definition) is 1. The summed E-state index contributed by atoms with van der Waals surface area (Å²) in [6.45, 7) is 2.01. The molecule has 1 atom stereocenters. The largest absolute Gasteiger partial charge is 0.312 e. The quantitative estimate of drug-likeness (QED) is 0.843. The van der Waals surface area contributed by atoms with E-state index in [0.717, 1.165) is 4.88 Å². The molecule has 6 heteroatoms. The van der Waals surface area contributed by atoms with Gasteiger partial charge in [0.2, 0.25) is 0 Å². The van der Waals surface area contributed by atoms with Crippen LogP contribution in [-0.4, -0.2) is 26.7 Å². The van der Waals surface area contributed by atoms with Crippen LogP contribution < -0.4 is 5.32 Å². The SMILES string of the molecule is CNC(C)c1cnc(CS(C)(=O)=O)s1. The van der Waals surface area contributed by atoms with Gasteiger partial charge in [0.15, 0.2) is 9.84 Å². The lowest BCUT2D eigenvalue weighted by atomic mass is 10.3. The lowest BCUT2D eigenvalue weighted by Crippen LogP contribution is -2.10. The molecule has 0 bridgehead atoms. The summed E-state index contributed by atoms with van der Waals surface area (Å²) in [5, 5.41) is 3.74. The van der Waals surface area contributed by atoms with Crippen molar-refractivity contribution < 1.29 is 8.42 Å². The zero-order chi connectivity index (χ0) is 10.8. The molecule has 0 fully saturated rings. The highest BCUT2D eigenvalue weighted by Gasteiger charge is 2.11. The van der Waals surface area contributed by atoms with Crippen molar-refractivity contribution in [2.24, 2.45) is 0 Å². The number of aromatic nitrogens is 1. The van der Waals surface area contributed by atoms with E-state index in [9.17, 15) is 8.42 Å².